The monoisotopic (exact) mass is 388 g/mol. The molecule has 2 aliphatic rings. The molecule has 1 aromatic carbocycles. The van der Waals surface area contributed by atoms with Gasteiger partial charge in [0.25, 0.3) is 0 Å². The zero-order valence-corrected chi connectivity index (χ0v) is 16.3. The number of thioether (sulfide) groups is 1. The Balaban J connectivity index is 2.07. The fraction of sp³-hybridized carbons (Fsp3) is 0.368. The number of methoxy groups -OCH3 is 1. The molecule has 3 rings (SSSR count). The third-order valence-corrected chi connectivity index (χ3v) is 5.70. The fourth-order valence-electron chi connectivity index (χ4n) is 3.16. The minimum absolute atomic E-state index is 0.0794. The maximum absolute atomic E-state index is 12.9. The molecule has 2 atom stereocenters. The second-order valence-corrected chi connectivity index (χ2v) is 7.34. The third kappa shape index (κ3) is 3.49. The molecule has 0 saturated carbocycles. The van der Waals surface area contributed by atoms with Crippen LogP contribution in [0.25, 0.3) is 0 Å². The average molecular weight is 388 g/mol. The first-order valence-electron chi connectivity index (χ1n) is 8.53. The van der Waals surface area contributed by atoms with Crippen molar-refractivity contribution in [2.24, 2.45) is 4.99 Å². The minimum atomic E-state index is -0.632. The lowest BCUT2D eigenvalue weighted by atomic mass is 9.94. The molecule has 0 N–H and O–H groups in total. The predicted octanol–water partition coefficient (Wildman–Crippen LogP) is 2.82. The highest BCUT2D eigenvalue weighted by Crippen LogP contribution is 2.44. The Morgan fingerprint density at radius 2 is 1.93 bits per heavy atom. The molecule has 2 unspecified atom stereocenters. The molecule has 8 heteroatoms. The molecule has 0 aliphatic carbocycles. The van der Waals surface area contributed by atoms with Crippen LogP contribution in [0.5, 0.6) is 5.75 Å². The number of ether oxygens (including phenoxy) is 2. The van der Waals surface area contributed by atoms with Gasteiger partial charge in [-0.15, -0.1) is 0 Å². The van der Waals surface area contributed by atoms with E-state index in [1.54, 1.807) is 36.1 Å². The Kier molecular flexibility index (Phi) is 5.36. The second-order valence-electron chi connectivity index (χ2n) is 6.17. The number of rotatable bonds is 4. The van der Waals surface area contributed by atoms with Crippen molar-refractivity contribution in [3.63, 3.8) is 0 Å². The zero-order chi connectivity index (χ0) is 19.7. The van der Waals surface area contributed by atoms with Gasteiger partial charge < -0.3 is 9.47 Å². The van der Waals surface area contributed by atoms with Crippen LogP contribution in [0, 0.1) is 0 Å². The Morgan fingerprint density at radius 3 is 2.48 bits per heavy atom. The lowest BCUT2D eigenvalue weighted by Crippen LogP contribution is -2.40. The summed E-state index contributed by atoms with van der Waals surface area (Å²) in [5, 5.41) is 0.363. The fourth-order valence-corrected chi connectivity index (χ4v) is 4.29. The molecule has 7 nitrogen and oxygen atoms in total. The van der Waals surface area contributed by atoms with E-state index in [2.05, 4.69) is 4.99 Å². The van der Waals surface area contributed by atoms with E-state index >= 15 is 0 Å². The largest absolute Gasteiger partial charge is 0.466 e. The average Bonchev–Trinajstić information content (AvgIpc) is 2.95. The molecule has 27 heavy (non-hydrogen) atoms. The van der Waals surface area contributed by atoms with Gasteiger partial charge in [-0.25, -0.2) is 9.79 Å². The number of amidine groups is 1. The molecule has 2 heterocycles. The molecule has 1 fully saturated rings. The first kappa shape index (κ1) is 19.2. The summed E-state index contributed by atoms with van der Waals surface area (Å²) >= 11 is 1.41. The van der Waals surface area contributed by atoms with E-state index in [-0.39, 0.29) is 11.2 Å². The van der Waals surface area contributed by atoms with E-state index in [9.17, 15) is 14.4 Å². The molecule has 0 radical (unpaired) electrons. The number of carbonyl (C=O) groups is 3. The van der Waals surface area contributed by atoms with E-state index < -0.39 is 18.0 Å². The van der Waals surface area contributed by atoms with E-state index in [0.717, 1.165) is 0 Å². The van der Waals surface area contributed by atoms with Gasteiger partial charge in [0.05, 0.1) is 29.7 Å². The molecular formula is C19H20N2O5S. The van der Waals surface area contributed by atoms with Gasteiger partial charge in [0.2, 0.25) is 5.91 Å². The molecule has 0 aromatic heterocycles. The van der Waals surface area contributed by atoms with Gasteiger partial charge in [-0.2, -0.15) is 0 Å². The van der Waals surface area contributed by atoms with Crippen LogP contribution in [0.1, 0.15) is 38.8 Å². The molecule has 0 bridgehead atoms. The van der Waals surface area contributed by atoms with Crippen LogP contribution in [0.3, 0.4) is 0 Å². The van der Waals surface area contributed by atoms with Crippen LogP contribution in [-0.4, -0.2) is 40.3 Å². The summed E-state index contributed by atoms with van der Waals surface area (Å²) < 4.78 is 10.0. The molecule has 2 aliphatic heterocycles. The second kappa shape index (κ2) is 7.56. The summed E-state index contributed by atoms with van der Waals surface area (Å²) in [6, 6.07) is 6.11. The van der Waals surface area contributed by atoms with E-state index in [1.165, 1.54) is 25.8 Å². The van der Waals surface area contributed by atoms with Crippen molar-refractivity contribution < 1.29 is 23.9 Å². The maximum Gasteiger partial charge on any atom is 0.338 e. The summed E-state index contributed by atoms with van der Waals surface area (Å²) in [4.78, 5) is 42.5. The van der Waals surface area contributed by atoms with E-state index in [4.69, 9.17) is 9.47 Å². The van der Waals surface area contributed by atoms with Crippen LogP contribution in [0.4, 0.5) is 0 Å². The SMILES string of the molecule is CCC1SC2=NC(C)=C(C(=O)OC)C(c3ccc(OC(C)=O)cc3)N2C1=O. The lowest BCUT2D eigenvalue weighted by Gasteiger charge is -2.32. The standard InChI is InChI=1S/C19H20N2O5S/c1-5-14-17(23)21-16(12-6-8-13(9-7-12)26-11(3)22)15(18(24)25-4)10(2)20-19(21)27-14/h6-9,14,16H,5H2,1-4H3. The normalized spacial score (nSPS) is 21.7. The van der Waals surface area contributed by atoms with Crippen molar-refractivity contribution in [1.82, 2.24) is 4.90 Å². The van der Waals surface area contributed by atoms with Crippen molar-refractivity contribution in [2.75, 3.05) is 7.11 Å². The maximum atomic E-state index is 12.9. The number of esters is 2. The number of fused-ring (bicyclic) bond motifs is 1. The summed E-state index contributed by atoms with van der Waals surface area (Å²) in [6.07, 6.45) is 0.670. The third-order valence-electron chi connectivity index (χ3n) is 4.38. The van der Waals surface area contributed by atoms with Gasteiger partial charge >= 0.3 is 11.9 Å². The van der Waals surface area contributed by atoms with Crippen LogP contribution < -0.4 is 4.74 Å². The lowest BCUT2D eigenvalue weighted by molar-refractivity contribution is -0.137. The molecule has 1 saturated heterocycles. The molecule has 142 valence electrons. The number of amides is 1. The minimum Gasteiger partial charge on any atom is -0.466 e. The van der Waals surface area contributed by atoms with Crippen LogP contribution in [0.2, 0.25) is 0 Å². The van der Waals surface area contributed by atoms with Gasteiger partial charge in [0, 0.05) is 6.92 Å². The van der Waals surface area contributed by atoms with Gasteiger partial charge in [-0.1, -0.05) is 30.8 Å². The molecule has 1 aromatic rings. The van der Waals surface area contributed by atoms with Crippen LogP contribution >= 0.6 is 11.8 Å². The Hall–Kier alpha value is -2.61. The molecule has 0 spiro atoms. The van der Waals surface area contributed by atoms with Crippen molar-refractivity contribution in [3.05, 3.63) is 41.1 Å². The number of carbonyl (C=O) groups excluding carboxylic acids is 3. The number of allylic oxidation sites excluding steroid dienone is 1. The zero-order valence-electron chi connectivity index (χ0n) is 15.5. The number of hydrogen-bond acceptors (Lipinski definition) is 7. The Morgan fingerprint density at radius 1 is 1.26 bits per heavy atom. The highest BCUT2D eigenvalue weighted by molar-refractivity contribution is 8.15. The number of benzene rings is 1. The van der Waals surface area contributed by atoms with Crippen LogP contribution in [-0.2, 0) is 19.1 Å². The quantitative estimate of drug-likeness (QED) is 0.582. The van der Waals surface area contributed by atoms with Gasteiger partial charge in [-0.05, 0) is 31.0 Å². The summed E-state index contributed by atoms with van der Waals surface area (Å²) in [6.45, 7) is 5.00. The highest BCUT2D eigenvalue weighted by Gasteiger charge is 2.47. The van der Waals surface area contributed by atoms with Crippen molar-refractivity contribution in [2.45, 2.75) is 38.5 Å². The molecule has 1 amide bonds. The van der Waals surface area contributed by atoms with Crippen molar-refractivity contribution >= 4 is 34.8 Å². The highest BCUT2D eigenvalue weighted by atomic mass is 32.2. The number of nitrogens with zero attached hydrogens (tertiary/aromatic N) is 2. The van der Waals surface area contributed by atoms with E-state index in [0.29, 0.717) is 34.2 Å². The molecular weight excluding hydrogens is 368 g/mol. The van der Waals surface area contributed by atoms with Gasteiger partial charge in [0.1, 0.15) is 5.75 Å². The van der Waals surface area contributed by atoms with Crippen LogP contribution in [0.15, 0.2) is 40.5 Å². The summed E-state index contributed by atoms with van der Waals surface area (Å²) in [7, 11) is 1.30. The summed E-state index contributed by atoms with van der Waals surface area (Å²) in [5.41, 5.74) is 1.56. The smallest absolute Gasteiger partial charge is 0.338 e. The Bertz CT molecular complexity index is 859. The van der Waals surface area contributed by atoms with Gasteiger partial charge in [0.15, 0.2) is 5.17 Å². The summed E-state index contributed by atoms with van der Waals surface area (Å²) in [5.74, 6) is -0.631. The van der Waals surface area contributed by atoms with Crippen molar-refractivity contribution in [3.8, 4) is 5.75 Å². The van der Waals surface area contributed by atoms with Crippen molar-refractivity contribution in [1.29, 1.82) is 0 Å². The number of aliphatic imine (C=N–C) groups is 1. The number of hydrogen-bond donors (Lipinski definition) is 0. The first-order chi connectivity index (χ1) is 12.9. The predicted molar refractivity (Wildman–Crippen MR) is 101 cm³/mol. The van der Waals surface area contributed by atoms with E-state index in [1.807, 2.05) is 6.92 Å². The topological polar surface area (TPSA) is 85.3 Å². The van der Waals surface area contributed by atoms with Gasteiger partial charge in [-0.3, -0.25) is 14.5 Å². The first-order valence-corrected chi connectivity index (χ1v) is 9.41. The Labute approximate surface area is 161 Å².